The van der Waals surface area contributed by atoms with Crippen LogP contribution in [0.4, 0.5) is 0 Å². The summed E-state index contributed by atoms with van der Waals surface area (Å²) in [5.41, 5.74) is 7.64. The predicted octanol–water partition coefficient (Wildman–Crippen LogP) is 2.45. The van der Waals surface area contributed by atoms with Crippen LogP contribution in [0.15, 0.2) is 30.3 Å². The number of benzene rings is 1. The van der Waals surface area contributed by atoms with Gasteiger partial charge in [-0.15, -0.1) is 0 Å². The summed E-state index contributed by atoms with van der Waals surface area (Å²) in [6, 6.07) is 10.7. The van der Waals surface area contributed by atoms with E-state index < -0.39 is 0 Å². The van der Waals surface area contributed by atoms with Gasteiger partial charge in [-0.3, -0.25) is 4.90 Å². The van der Waals surface area contributed by atoms with Crippen molar-refractivity contribution in [1.29, 1.82) is 0 Å². The second-order valence-corrected chi connectivity index (χ2v) is 5.93. The van der Waals surface area contributed by atoms with E-state index in [9.17, 15) is 0 Å². The summed E-state index contributed by atoms with van der Waals surface area (Å²) >= 11 is 0. The third-order valence-corrected chi connectivity index (χ3v) is 4.54. The van der Waals surface area contributed by atoms with E-state index in [1.54, 1.807) is 0 Å². The monoisotopic (exact) mass is 276 g/mol. The number of hydrogen-bond donors (Lipinski definition) is 1. The first-order valence-electron chi connectivity index (χ1n) is 7.81. The largest absolute Gasteiger partial charge is 0.377 e. The molecule has 0 saturated carbocycles. The summed E-state index contributed by atoms with van der Waals surface area (Å²) in [4.78, 5) is 2.57. The molecule has 0 radical (unpaired) electrons. The van der Waals surface area contributed by atoms with Crippen LogP contribution in [0, 0.1) is 0 Å². The number of rotatable bonds is 5. The van der Waals surface area contributed by atoms with Crippen molar-refractivity contribution in [3.05, 3.63) is 35.9 Å². The average Bonchev–Trinajstić information content (AvgIpc) is 2.71. The van der Waals surface area contributed by atoms with Crippen LogP contribution in [0.25, 0.3) is 0 Å². The van der Waals surface area contributed by atoms with Crippen LogP contribution in [-0.4, -0.2) is 42.8 Å². The maximum Gasteiger partial charge on any atom is 0.0674 e. The zero-order valence-electron chi connectivity index (χ0n) is 12.8. The van der Waals surface area contributed by atoms with Gasteiger partial charge in [-0.1, -0.05) is 37.3 Å². The van der Waals surface area contributed by atoms with Crippen LogP contribution in [0.2, 0.25) is 0 Å². The van der Waals surface area contributed by atoms with E-state index in [0.717, 1.165) is 39.0 Å². The molecular weight excluding hydrogens is 248 g/mol. The molecule has 1 aromatic rings. The van der Waals surface area contributed by atoms with Crippen LogP contribution in [0.3, 0.4) is 0 Å². The topological polar surface area (TPSA) is 38.5 Å². The molecule has 3 nitrogen and oxygen atoms in total. The molecule has 2 N–H and O–H groups in total. The maximum absolute atomic E-state index is 6.21. The summed E-state index contributed by atoms with van der Waals surface area (Å²) < 4.78 is 5.78. The Morgan fingerprint density at radius 3 is 2.75 bits per heavy atom. The molecule has 2 rings (SSSR count). The first-order valence-corrected chi connectivity index (χ1v) is 7.81. The summed E-state index contributed by atoms with van der Waals surface area (Å²) in [6.45, 7) is 8.06. The van der Waals surface area contributed by atoms with Crippen molar-refractivity contribution < 1.29 is 4.74 Å². The van der Waals surface area contributed by atoms with Gasteiger partial charge in [-0.2, -0.15) is 0 Å². The van der Waals surface area contributed by atoms with Gasteiger partial charge < -0.3 is 10.5 Å². The Labute approximate surface area is 123 Å². The molecule has 1 aliphatic rings. The van der Waals surface area contributed by atoms with Gasteiger partial charge in [0, 0.05) is 31.8 Å². The highest BCUT2D eigenvalue weighted by Crippen LogP contribution is 2.26. The fourth-order valence-corrected chi connectivity index (χ4v) is 3.21. The highest BCUT2D eigenvalue weighted by Gasteiger charge is 2.35. The van der Waals surface area contributed by atoms with Gasteiger partial charge in [-0.25, -0.2) is 0 Å². The lowest BCUT2D eigenvalue weighted by molar-refractivity contribution is 0.0356. The normalized spacial score (nSPS) is 24.1. The molecule has 112 valence electrons. The minimum Gasteiger partial charge on any atom is -0.377 e. The van der Waals surface area contributed by atoms with Crippen LogP contribution < -0.4 is 5.73 Å². The summed E-state index contributed by atoms with van der Waals surface area (Å²) in [5, 5.41) is 0. The van der Waals surface area contributed by atoms with Crippen molar-refractivity contribution in [1.82, 2.24) is 4.90 Å². The van der Waals surface area contributed by atoms with Crippen LogP contribution in [0.1, 0.15) is 32.3 Å². The van der Waals surface area contributed by atoms with Crippen LogP contribution in [-0.2, 0) is 11.2 Å². The zero-order chi connectivity index (χ0) is 14.4. The molecule has 2 unspecified atom stereocenters. The molecule has 0 aliphatic carbocycles. The number of ether oxygens (including phenoxy) is 1. The Kier molecular flexibility index (Phi) is 5.58. The zero-order valence-corrected chi connectivity index (χ0v) is 12.8. The summed E-state index contributed by atoms with van der Waals surface area (Å²) in [5.74, 6) is 0. The molecule has 1 aromatic carbocycles. The number of nitrogens with zero attached hydrogens (tertiary/aromatic N) is 1. The van der Waals surface area contributed by atoms with Crippen molar-refractivity contribution in [3.8, 4) is 0 Å². The average molecular weight is 276 g/mol. The second-order valence-electron chi connectivity index (χ2n) is 5.93. The van der Waals surface area contributed by atoms with E-state index in [1.807, 2.05) is 0 Å². The molecule has 2 atom stereocenters. The Bertz CT molecular complexity index is 389. The molecule has 0 spiro atoms. The van der Waals surface area contributed by atoms with Crippen molar-refractivity contribution in [2.45, 2.75) is 44.8 Å². The molecule has 1 saturated heterocycles. The first-order chi connectivity index (χ1) is 9.70. The lowest BCUT2D eigenvalue weighted by Gasteiger charge is -2.43. The van der Waals surface area contributed by atoms with E-state index in [2.05, 4.69) is 49.1 Å². The van der Waals surface area contributed by atoms with Gasteiger partial charge in [0.15, 0.2) is 0 Å². The lowest BCUT2D eigenvalue weighted by Crippen LogP contribution is -2.56. The van der Waals surface area contributed by atoms with E-state index in [4.69, 9.17) is 10.5 Å². The number of nitrogens with two attached hydrogens (primary N) is 1. The van der Waals surface area contributed by atoms with Crippen molar-refractivity contribution in [3.63, 3.8) is 0 Å². The minimum absolute atomic E-state index is 0.0588. The Morgan fingerprint density at radius 2 is 2.10 bits per heavy atom. The highest BCUT2D eigenvalue weighted by atomic mass is 16.5. The highest BCUT2D eigenvalue weighted by molar-refractivity contribution is 5.18. The maximum atomic E-state index is 6.21. The molecule has 3 heteroatoms. The van der Waals surface area contributed by atoms with Gasteiger partial charge >= 0.3 is 0 Å². The standard InChI is InChI=1S/C17H28N2O/c1-3-17(14-18,12-16-8-5-4-6-9-16)19-10-7-11-20-15(2)13-19/h4-6,8-9,15H,3,7,10-14,18H2,1-2H3. The van der Waals surface area contributed by atoms with Gasteiger partial charge in [0.2, 0.25) is 0 Å². The van der Waals surface area contributed by atoms with E-state index in [-0.39, 0.29) is 5.54 Å². The quantitative estimate of drug-likeness (QED) is 0.898. The van der Waals surface area contributed by atoms with E-state index >= 15 is 0 Å². The third kappa shape index (κ3) is 3.60. The van der Waals surface area contributed by atoms with Gasteiger partial charge in [-0.05, 0) is 31.7 Å². The van der Waals surface area contributed by atoms with E-state index in [1.165, 1.54) is 5.56 Å². The number of hydrogen-bond acceptors (Lipinski definition) is 3. The molecule has 1 aliphatic heterocycles. The molecular formula is C17H28N2O. The minimum atomic E-state index is 0.0588. The smallest absolute Gasteiger partial charge is 0.0674 e. The fraction of sp³-hybridized carbons (Fsp3) is 0.647. The van der Waals surface area contributed by atoms with Gasteiger partial charge in [0.1, 0.15) is 0 Å². The second kappa shape index (κ2) is 7.21. The Balaban J connectivity index is 2.19. The Hall–Kier alpha value is -0.900. The van der Waals surface area contributed by atoms with Crippen molar-refractivity contribution >= 4 is 0 Å². The molecule has 1 fully saturated rings. The van der Waals surface area contributed by atoms with Gasteiger partial charge in [0.05, 0.1) is 6.10 Å². The molecule has 0 bridgehead atoms. The first kappa shape index (κ1) is 15.5. The Morgan fingerprint density at radius 1 is 1.35 bits per heavy atom. The summed E-state index contributed by atoms with van der Waals surface area (Å²) in [7, 11) is 0. The third-order valence-electron chi connectivity index (χ3n) is 4.54. The predicted molar refractivity (Wildman–Crippen MR) is 83.8 cm³/mol. The van der Waals surface area contributed by atoms with Crippen molar-refractivity contribution in [2.24, 2.45) is 5.73 Å². The lowest BCUT2D eigenvalue weighted by atomic mass is 9.85. The molecule has 0 aromatic heterocycles. The molecule has 20 heavy (non-hydrogen) atoms. The van der Waals surface area contributed by atoms with Crippen LogP contribution >= 0.6 is 0 Å². The van der Waals surface area contributed by atoms with Crippen molar-refractivity contribution in [2.75, 3.05) is 26.2 Å². The van der Waals surface area contributed by atoms with Gasteiger partial charge in [0.25, 0.3) is 0 Å². The van der Waals surface area contributed by atoms with E-state index in [0.29, 0.717) is 12.6 Å². The molecule has 1 heterocycles. The molecule has 0 amide bonds. The summed E-state index contributed by atoms with van der Waals surface area (Å²) in [6.07, 6.45) is 3.49. The fourth-order valence-electron chi connectivity index (χ4n) is 3.21. The van der Waals surface area contributed by atoms with Crippen LogP contribution in [0.5, 0.6) is 0 Å². The SMILES string of the molecule is CCC(CN)(Cc1ccccc1)N1CCCOC(C)C1.